The number of rotatable bonds is 6. The molecular weight excluding hydrogens is 618 g/mol. The third-order valence-electron chi connectivity index (χ3n) is 11.6. The van der Waals surface area contributed by atoms with E-state index in [9.17, 15) is 15.6 Å². The van der Waals surface area contributed by atoms with Crippen molar-refractivity contribution >= 4 is 10.8 Å². The van der Waals surface area contributed by atoms with Crippen LogP contribution in [0.5, 0.6) is 17.2 Å². The van der Waals surface area contributed by atoms with Crippen LogP contribution in [0.25, 0.3) is 10.8 Å². The molecule has 276 valence electrons. The van der Waals surface area contributed by atoms with Crippen molar-refractivity contribution in [2.45, 2.75) is 192 Å². The Kier molecular flexibility index (Phi) is 10.2. The highest BCUT2D eigenvalue weighted by Crippen LogP contribution is 2.45. The van der Waals surface area contributed by atoms with E-state index in [2.05, 4.69) is 101 Å². The van der Waals surface area contributed by atoms with Crippen molar-refractivity contribution in [2.24, 2.45) is 0 Å². The molecule has 3 heterocycles. The smallest absolute Gasteiger partial charge is 0.169 e. The molecule has 0 amide bonds. The molecule has 0 aliphatic carbocycles. The highest BCUT2D eigenvalue weighted by atomic mass is 16.5. The van der Waals surface area contributed by atoms with Gasteiger partial charge in [0.2, 0.25) is 0 Å². The Hall–Kier alpha value is -2.14. The summed E-state index contributed by atoms with van der Waals surface area (Å²) in [4.78, 5) is 0. The summed E-state index contributed by atoms with van der Waals surface area (Å²) in [5, 5.41) is 39.7. The second-order valence-corrected chi connectivity index (χ2v) is 19.0. The third-order valence-corrected chi connectivity index (χ3v) is 11.6. The lowest BCUT2D eigenvalue weighted by atomic mass is 9.95. The Morgan fingerprint density at radius 3 is 1.37 bits per heavy atom. The molecule has 0 spiro atoms. The van der Waals surface area contributed by atoms with E-state index in [1.54, 1.807) is 0 Å². The van der Waals surface area contributed by atoms with Crippen LogP contribution in [0, 0.1) is 0 Å². The van der Waals surface area contributed by atoms with Gasteiger partial charge in [-0.05, 0) is 151 Å². The molecule has 3 N–H and O–H groups in total. The molecule has 0 saturated carbocycles. The van der Waals surface area contributed by atoms with Gasteiger partial charge >= 0.3 is 0 Å². The Morgan fingerprint density at radius 2 is 0.918 bits per heavy atom. The van der Waals surface area contributed by atoms with Gasteiger partial charge in [0.05, 0.1) is 0 Å². The third kappa shape index (κ3) is 8.02. The minimum absolute atomic E-state index is 0.0332. The number of fused-ring (bicyclic) bond motifs is 1. The zero-order chi connectivity index (χ0) is 36.4. The SMILES string of the molecule is CC1(C)CCC(Oc2ccc3c(OC4CCC(C)(C)N(O)C(C)(C)C4)c(OC4CCC(C)(C)N(O)C(C)(C)C4)ccc3c2)CC(C)(C)N1O. The number of nitrogens with zero attached hydrogens (tertiary/aromatic N) is 3. The Balaban J connectivity index is 1.49. The van der Waals surface area contributed by atoms with Crippen molar-refractivity contribution in [3.05, 3.63) is 30.3 Å². The average molecular weight is 684 g/mol. The second kappa shape index (κ2) is 13.1. The minimum Gasteiger partial charge on any atom is -0.490 e. The van der Waals surface area contributed by atoms with Crippen LogP contribution in [0.1, 0.15) is 141 Å². The summed E-state index contributed by atoms with van der Waals surface area (Å²) < 4.78 is 20.5. The molecule has 0 radical (unpaired) electrons. The van der Waals surface area contributed by atoms with Crippen LogP contribution in [0.15, 0.2) is 30.3 Å². The number of hydrogen-bond donors (Lipinski definition) is 3. The fourth-order valence-electron chi connectivity index (χ4n) is 8.94. The summed E-state index contributed by atoms with van der Waals surface area (Å²) in [6.45, 7) is 24.9. The molecule has 3 saturated heterocycles. The molecule has 3 aliphatic rings. The second-order valence-electron chi connectivity index (χ2n) is 19.0. The van der Waals surface area contributed by atoms with Gasteiger partial charge in [0.1, 0.15) is 24.1 Å². The Labute approximate surface area is 295 Å². The van der Waals surface area contributed by atoms with E-state index in [1.165, 1.54) is 15.2 Å². The molecular formula is C40H65N3O6. The average Bonchev–Trinajstić information content (AvgIpc) is 3.17. The van der Waals surface area contributed by atoms with Crippen LogP contribution in [-0.4, -0.2) is 82.4 Å². The van der Waals surface area contributed by atoms with Gasteiger partial charge in [-0.25, -0.2) is 0 Å². The summed E-state index contributed by atoms with van der Waals surface area (Å²) in [5.74, 6) is 2.20. The predicted molar refractivity (Wildman–Crippen MR) is 194 cm³/mol. The summed E-state index contributed by atoms with van der Waals surface area (Å²) in [6.07, 6.45) is 6.62. The zero-order valence-electron chi connectivity index (χ0n) is 32.4. The molecule has 3 unspecified atom stereocenters. The van der Waals surface area contributed by atoms with Gasteiger partial charge in [-0.1, -0.05) is 6.07 Å². The monoisotopic (exact) mass is 683 g/mol. The van der Waals surface area contributed by atoms with E-state index < -0.39 is 16.6 Å². The number of hydrogen-bond acceptors (Lipinski definition) is 9. The van der Waals surface area contributed by atoms with Crippen LogP contribution in [0.3, 0.4) is 0 Å². The highest BCUT2D eigenvalue weighted by Gasteiger charge is 2.45. The van der Waals surface area contributed by atoms with E-state index in [0.29, 0.717) is 30.8 Å². The lowest BCUT2D eigenvalue weighted by molar-refractivity contribution is -0.222. The molecule has 9 nitrogen and oxygen atoms in total. The van der Waals surface area contributed by atoms with E-state index >= 15 is 0 Å². The van der Waals surface area contributed by atoms with Gasteiger partial charge < -0.3 is 29.8 Å². The molecule has 3 atom stereocenters. The zero-order valence-corrected chi connectivity index (χ0v) is 32.4. The summed E-state index contributed by atoms with van der Waals surface area (Å²) >= 11 is 0. The quantitative estimate of drug-likeness (QED) is 0.275. The first-order chi connectivity index (χ1) is 22.4. The summed E-state index contributed by atoms with van der Waals surface area (Å²) in [7, 11) is 0. The fraction of sp³-hybridized carbons (Fsp3) is 0.750. The molecule has 9 heteroatoms. The fourth-order valence-corrected chi connectivity index (χ4v) is 8.94. The first-order valence-corrected chi connectivity index (χ1v) is 18.5. The molecule has 3 aliphatic heterocycles. The molecule has 5 rings (SSSR count). The minimum atomic E-state index is -0.482. The first-order valence-electron chi connectivity index (χ1n) is 18.5. The maximum Gasteiger partial charge on any atom is 0.169 e. The van der Waals surface area contributed by atoms with Gasteiger partial charge in [0, 0.05) is 57.9 Å². The molecule has 2 aromatic carbocycles. The van der Waals surface area contributed by atoms with Crippen molar-refractivity contribution in [2.75, 3.05) is 0 Å². The van der Waals surface area contributed by atoms with E-state index in [1.807, 2.05) is 12.1 Å². The van der Waals surface area contributed by atoms with Crippen LogP contribution in [0.4, 0.5) is 0 Å². The van der Waals surface area contributed by atoms with Crippen molar-refractivity contribution in [3.8, 4) is 17.2 Å². The number of ether oxygens (including phenoxy) is 3. The van der Waals surface area contributed by atoms with Crippen LogP contribution in [-0.2, 0) is 0 Å². The molecule has 49 heavy (non-hydrogen) atoms. The van der Waals surface area contributed by atoms with Crippen LogP contribution >= 0.6 is 0 Å². The van der Waals surface area contributed by atoms with Crippen molar-refractivity contribution < 1.29 is 29.8 Å². The standard InChI is InChI=1S/C40H65N3O6/c1-35(2)20-17-29(24-38(7,8)41(35)44)47-28-14-15-32-27(23-28)13-16-33(48-30-18-21-36(3,4)42(45)39(9,10)25-30)34(32)49-31-19-22-37(5,6)43(46)40(11,12)26-31/h13-16,23,29-31,44-46H,17-22,24-26H2,1-12H3. The molecule has 0 aromatic heterocycles. The molecule has 3 fully saturated rings. The maximum atomic E-state index is 11.2. The topological polar surface area (TPSA) is 98.1 Å². The van der Waals surface area contributed by atoms with E-state index in [4.69, 9.17) is 14.2 Å². The number of benzene rings is 2. The summed E-state index contributed by atoms with van der Waals surface area (Å²) in [6, 6.07) is 10.3. The van der Waals surface area contributed by atoms with E-state index in [-0.39, 0.29) is 34.9 Å². The Bertz CT molecular complexity index is 1480. The molecule has 2 aromatic rings. The van der Waals surface area contributed by atoms with Crippen molar-refractivity contribution in [3.63, 3.8) is 0 Å². The number of hydroxylamine groups is 6. The van der Waals surface area contributed by atoms with Gasteiger partial charge in [0.15, 0.2) is 11.5 Å². The largest absolute Gasteiger partial charge is 0.490 e. The van der Waals surface area contributed by atoms with Crippen molar-refractivity contribution in [1.82, 2.24) is 15.2 Å². The van der Waals surface area contributed by atoms with Crippen LogP contribution < -0.4 is 14.2 Å². The van der Waals surface area contributed by atoms with Gasteiger partial charge in [-0.3, -0.25) is 0 Å². The normalized spacial score (nSPS) is 30.1. The predicted octanol–water partition coefficient (Wildman–Crippen LogP) is 9.38. The lowest BCUT2D eigenvalue weighted by Gasteiger charge is -2.42. The summed E-state index contributed by atoms with van der Waals surface area (Å²) in [5.41, 5.74) is -2.45. The van der Waals surface area contributed by atoms with Crippen LogP contribution in [0.2, 0.25) is 0 Å². The first kappa shape index (κ1) is 38.1. The van der Waals surface area contributed by atoms with Gasteiger partial charge in [-0.15, -0.1) is 0 Å². The highest BCUT2D eigenvalue weighted by molar-refractivity contribution is 5.91. The van der Waals surface area contributed by atoms with E-state index in [0.717, 1.165) is 55.0 Å². The van der Waals surface area contributed by atoms with Crippen molar-refractivity contribution in [1.29, 1.82) is 0 Å². The maximum absolute atomic E-state index is 11.2. The lowest BCUT2D eigenvalue weighted by Crippen LogP contribution is -2.52. The van der Waals surface area contributed by atoms with Gasteiger partial charge in [0.25, 0.3) is 0 Å². The Morgan fingerprint density at radius 1 is 0.510 bits per heavy atom. The van der Waals surface area contributed by atoms with Gasteiger partial charge in [-0.2, -0.15) is 15.2 Å². The molecule has 0 bridgehead atoms.